The van der Waals surface area contributed by atoms with E-state index in [0.29, 0.717) is 27.0 Å². The van der Waals surface area contributed by atoms with Gasteiger partial charge in [-0.25, -0.2) is 0 Å². The fourth-order valence-corrected chi connectivity index (χ4v) is 2.01. The number of aryl methyl sites for hydroxylation is 1. The van der Waals surface area contributed by atoms with Crippen molar-refractivity contribution in [1.82, 2.24) is 0 Å². The molecule has 0 unspecified atom stereocenters. The summed E-state index contributed by atoms with van der Waals surface area (Å²) in [5.41, 5.74) is 8.07. The van der Waals surface area contributed by atoms with Crippen molar-refractivity contribution in [2.45, 2.75) is 6.92 Å². The Morgan fingerprint density at radius 1 is 1.11 bits per heavy atom. The minimum absolute atomic E-state index is 0.269. The summed E-state index contributed by atoms with van der Waals surface area (Å²) < 4.78 is 0. The highest BCUT2D eigenvalue weighted by atomic mass is 35.5. The number of hydrogen-bond acceptors (Lipinski definition) is 2. The molecule has 2 aromatic carbocycles. The molecule has 2 rings (SSSR count). The second-order valence-electron chi connectivity index (χ2n) is 4.14. The largest absolute Gasteiger partial charge is 0.397 e. The van der Waals surface area contributed by atoms with Gasteiger partial charge in [0.05, 0.1) is 11.4 Å². The van der Waals surface area contributed by atoms with Crippen LogP contribution in [-0.2, 0) is 0 Å². The molecular weight excluding hydrogens is 283 g/mol. The third-order valence-corrected chi connectivity index (χ3v) is 3.18. The van der Waals surface area contributed by atoms with Crippen LogP contribution in [0.3, 0.4) is 0 Å². The van der Waals surface area contributed by atoms with Gasteiger partial charge in [0, 0.05) is 15.6 Å². The van der Waals surface area contributed by atoms with Gasteiger partial charge in [-0.15, -0.1) is 0 Å². The fourth-order valence-electron chi connectivity index (χ4n) is 1.67. The van der Waals surface area contributed by atoms with E-state index in [0.717, 1.165) is 5.56 Å². The number of rotatable bonds is 2. The number of carbonyl (C=O) groups excluding carboxylic acids is 1. The number of nitrogen functional groups attached to an aromatic ring is 1. The average Bonchev–Trinajstić information content (AvgIpc) is 2.36. The Labute approximate surface area is 121 Å². The summed E-state index contributed by atoms with van der Waals surface area (Å²) in [6.07, 6.45) is 0. The number of benzene rings is 2. The van der Waals surface area contributed by atoms with Gasteiger partial charge in [0.2, 0.25) is 0 Å². The number of carbonyl (C=O) groups is 1. The molecule has 0 bridgehead atoms. The predicted octanol–water partition coefficient (Wildman–Crippen LogP) is 4.14. The molecule has 3 nitrogen and oxygen atoms in total. The number of nitrogens with two attached hydrogens (primary N) is 1. The van der Waals surface area contributed by atoms with Crippen LogP contribution >= 0.6 is 23.2 Å². The molecule has 0 aliphatic rings. The number of halogens is 2. The molecule has 0 saturated carbocycles. The second-order valence-corrected chi connectivity index (χ2v) is 5.02. The van der Waals surface area contributed by atoms with Gasteiger partial charge in [-0.3, -0.25) is 4.79 Å². The van der Waals surface area contributed by atoms with E-state index in [-0.39, 0.29) is 5.91 Å². The Bertz CT molecular complexity index is 641. The Morgan fingerprint density at radius 2 is 1.74 bits per heavy atom. The SMILES string of the molecule is Cc1ccc(Cl)cc1C(=O)Nc1cc(Cl)ccc1N. The maximum Gasteiger partial charge on any atom is 0.256 e. The van der Waals surface area contributed by atoms with Crippen LogP contribution in [0.2, 0.25) is 10.0 Å². The summed E-state index contributed by atoms with van der Waals surface area (Å²) >= 11 is 11.8. The minimum Gasteiger partial charge on any atom is -0.397 e. The van der Waals surface area contributed by atoms with Gasteiger partial charge in [-0.05, 0) is 42.8 Å². The van der Waals surface area contributed by atoms with Crippen molar-refractivity contribution in [3.63, 3.8) is 0 Å². The molecule has 98 valence electrons. The van der Waals surface area contributed by atoms with Crippen LogP contribution < -0.4 is 11.1 Å². The lowest BCUT2D eigenvalue weighted by molar-refractivity contribution is 0.102. The zero-order valence-corrected chi connectivity index (χ0v) is 11.7. The normalized spacial score (nSPS) is 10.3. The molecule has 0 atom stereocenters. The van der Waals surface area contributed by atoms with Crippen LogP contribution in [0.25, 0.3) is 0 Å². The minimum atomic E-state index is -0.269. The highest BCUT2D eigenvalue weighted by molar-refractivity contribution is 6.31. The fraction of sp³-hybridized carbons (Fsp3) is 0.0714. The molecular formula is C14H12Cl2N2O. The summed E-state index contributed by atoms with van der Waals surface area (Å²) in [6.45, 7) is 1.84. The van der Waals surface area contributed by atoms with Gasteiger partial charge in [-0.2, -0.15) is 0 Å². The van der Waals surface area contributed by atoms with Crippen molar-refractivity contribution in [3.8, 4) is 0 Å². The molecule has 0 aliphatic heterocycles. The van der Waals surface area contributed by atoms with E-state index >= 15 is 0 Å². The van der Waals surface area contributed by atoms with Gasteiger partial charge in [0.15, 0.2) is 0 Å². The summed E-state index contributed by atoms with van der Waals surface area (Å²) in [5.74, 6) is -0.269. The Hall–Kier alpha value is -1.71. The lowest BCUT2D eigenvalue weighted by atomic mass is 10.1. The first-order valence-electron chi connectivity index (χ1n) is 5.60. The topological polar surface area (TPSA) is 55.1 Å². The first-order chi connectivity index (χ1) is 8.97. The highest BCUT2D eigenvalue weighted by Gasteiger charge is 2.11. The van der Waals surface area contributed by atoms with Gasteiger partial charge in [0.25, 0.3) is 5.91 Å². The van der Waals surface area contributed by atoms with Crippen molar-refractivity contribution >= 4 is 40.5 Å². The molecule has 0 spiro atoms. The van der Waals surface area contributed by atoms with Gasteiger partial charge >= 0.3 is 0 Å². The summed E-state index contributed by atoms with van der Waals surface area (Å²) in [7, 11) is 0. The molecule has 0 fully saturated rings. The van der Waals surface area contributed by atoms with E-state index in [2.05, 4.69) is 5.32 Å². The van der Waals surface area contributed by atoms with Gasteiger partial charge in [0.1, 0.15) is 0 Å². The van der Waals surface area contributed by atoms with E-state index in [4.69, 9.17) is 28.9 Å². The van der Waals surface area contributed by atoms with Crippen molar-refractivity contribution in [2.75, 3.05) is 11.1 Å². The highest BCUT2D eigenvalue weighted by Crippen LogP contribution is 2.24. The van der Waals surface area contributed by atoms with E-state index in [1.165, 1.54) is 0 Å². The lowest BCUT2D eigenvalue weighted by Gasteiger charge is -2.10. The quantitative estimate of drug-likeness (QED) is 0.818. The molecule has 0 heterocycles. The number of hydrogen-bond donors (Lipinski definition) is 2. The maximum absolute atomic E-state index is 12.2. The van der Waals surface area contributed by atoms with Crippen molar-refractivity contribution in [2.24, 2.45) is 0 Å². The standard InChI is InChI=1S/C14H12Cl2N2O/c1-8-2-3-9(15)6-11(8)14(19)18-13-7-10(16)4-5-12(13)17/h2-7H,17H2,1H3,(H,18,19). The average molecular weight is 295 g/mol. The molecule has 0 aromatic heterocycles. The zero-order valence-electron chi connectivity index (χ0n) is 10.2. The smallest absolute Gasteiger partial charge is 0.256 e. The molecule has 1 amide bonds. The number of nitrogens with one attached hydrogen (secondary N) is 1. The van der Waals surface area contributed by atoms with Crippen molar-refractivity contribution in [3.05, 3.63) is 57.6 Å². The van der Waals surface area contributed by atoms with E-state index in [9.17, 15) is 4.79 Å². The third-order valence-electron chi connectivity index (χ3n) is 2.71. The van der Waals surface area contributed by atoms with Crippen LogP contribution in [0, 0.1) is 6.92 Å². The zero-order chi connectivity index (χ0) is 14.0. The molecule has 0 aliphatic carbocycles. The van der Waals surface area contributed by atoms with Crippen LogP contribution in [0.15, 0.2) is 36.4 Å². The van der Waals surface area contributed by atoms with Crippen LogP contribution in [0.1, 0.15) is 15.9 Å². The lowest BCUT2D eigenvalue weighted by Crippen LogP contribution is -2.14. The van der Waals surface area contributed by atoms with E-state index in [1.54, 1.807) is 36.4 Å². The Balaban J connectivity index is 2.30. The van der Waals surface area contributed by atoms with Crippen LogP contribution in [0.5, 0.6) is 0 Å². The summed E-state index contributed by atoms with van der Waals surface area (Å²) in [4.78, 5) is 12.2. The van der Waals surface area contributed by atoms with Gasteiger partial charge in [-0.1, -0.05) is 29.3 Å². The Kier molecular flexibility index (Phi) is 3.98. The third kappa shape index (κ3) is 3.19. The molecule has 3 N–H and O–H groups in total. The number of amides is 1. The molecule has 5 heteroatoms. The molecule has 2 aromatic rings. The summed E-state index contributed by atoms with van der Waals surface area (Å²) in [6, 6.07) is 10.1. The Morgan fingerprint density at radius 3 is 2.47 bits per heavy atom. The predicted molar refractivity (Wildman–Crippen MR) is 80.0 cm³/mol. The van der Waals surface area contributed by atoms with Crippen molar-refractivity contribution in [1.29, 1.82) is 0 Å². The first kappa shape index (κ1) is 13.7. The van der Waals surface area contributed by atoms with Crippen LogP contribution in [-0.4, -0.2) is 5.91 Å². The molecule has 0 saturated heterocycles. The first-order valence-corrected chi connectivity index (χ1v) is 6.35. The second kappa shape index (κ2) is 5.51. The molecule has 0 radical (unpaired) electrons. The summed E-state index contributed by atoms with van der Waals surface area (Å²) in [5, 5.41) is 3.74. The number of anilines is 2. The maximum atomic E-state index is 12.2. The molecule has 19 heavy (non-hydrogen) atoms. The van der Waals surface area contributed by atoms with Gasteiger partial charge < -0.3 is 11.1 Å². The van der Waals surface area contributed by atoms with Crippen LogP contribution in [0.4, 0.5) is 11.4 Å². The van der Waals surface area contributed by atoms with E-state index in [1.807, 2.05) is 6.92 Å². The monoisotopic (exact) mass is 294 g/mol. The van der Waals surface area contributed by atoms with Crippen molar-refractivity contribution < 1.29 is 4.79 Å². The van der Waals surface area contributed by atoms with E-state index < -0.39 is 0 Å².